The van der Waals surface area contributed by atoms with Crippen LogP contribution in [0.5, 0.6) is 5.75 Å². The van der Waals surface area contributed by atoms with Crippen molar-refractivity contribution in [3.05, 3.63) is 29.8 Å². The molecule has 0 saturated heterocycles. The number of alkyl halides is 6. The summed E-state index contributed by atoms with van der Waals surface area (Å²) in [5.74, 6) is -0.0586. The lowest BCUT2D eigenvalue weighted by atomic mass is 9.72. The smallest absolute Gasteiger partial charge is 0.508 e. The van der Waals surface area contributed by atoms with Crippen molar-refractivity contribution in [3.63, 3.8) is 0 Å². The first-order valence-electron chi connectivity index (χ1n) is 8.20. The lowest BCUT2D eigenvalue weighted by molar-refractivity contribution is -0.159. The van der Waals surface area contributed by atoms with Gasteiger partial charge in [-0.1, -0.05) is 26.0 Å². The zero-order valence-corrected chi connectivity index (χ0v) is 18.8. The van der Waals surface area contributed by atoms with E-state index in [4.69, 9.17) is 4.74 Å². The molecule has 0 bridgehead atoms. The molecule has 0 aliphatic rings. The number of benzene rings is 1. The highest BCUT2D eigenvalue weighted by Crippen LogP contribution is 2.38. The van der Waals surface area contributed by atoms with Crippen molar-refractivity contribution in [2.24, 2.45) is 0 Å². The third-order valence-corrected chi connectivity index (χ3v) is 6.81. The van der Waals surface area contributed by atoms with Gasteiger partial charge in [0.25, 0.3) is 0 Å². The Bertz CT molecular complexity index is 966. The molecule has 16 heteroatoms. The zero-order chi connectivity index (χ0) is 26.0. The van der Waals surface area contributed by atoms with Gasteiger partial charge in [-0.3, -0.25) is 4.79 Å². The van der Waals surface area contributed by atoms with Gasteiger partial charge in [-0.15, -0.1) is 3.63 Å². The Morgan fingerprint density at radius 2 is 1.16 bits per heavy atom. The summed E-state index contributed by atoms with van der Waals surface area (Å²) < 4.78 is 115. The summed E-state index contributed by atoms with van der Waals surface area (Å²) in [6.07, 6.45) is 0. The molecule has 1 rings (SSSR count). The SMILES string of the molecule is CC(=O)OC(C)(C)C(C)(C)c1ccc(O)cc1.O=S(=O)(OS(=O)(=O)C(F)(F)F)C(F)(F)F. The van der Waals surface area contributed by atoms with Crippen molar-refractivity contribution in [1.82, 2.24) is 0 Å². The predicted molar refractivity (Wildman–Crippen MR) is 98.0 cm³/mol. The van der Waals surface area contributed by atoms with Crippen LogP contribution in [-0.4, -0.2) is 44.5 Å². The lowest BCUT2D eigenvalue weighted by Gasteiger charge is -2.41. The molecule has 32 heavy (non-hydrogen) atoms. The first-order chi connectivity index (χ1) is 13.9. The molecule has 1 N–H and O–H groups in total. The van der Waals surface area contributed by atoms with Gasteiger partial charge in [0.15, 0.2) is 0 Å². The highest BCUT2D eigenvalue weighted by molar-refractivity contribution is 8.00. The van der Waals surface area contributed by atoms with Gasteiger partial charge in [0.05, 0.1) is 0 Å². The Kier molecular flexibility index (Phi) is 8.82. The van der Waals surface area contributed by atoms with Crippen molar-refractivity contribution in [2.75, 3.05) is 0 Å². The molecule has 0 saturated carbocycles. The molecule has 0 radical (unpaired) electrons. The van der Waals surface area contributed by atoms with Crippen molar-refractivity contribution in [1.29, 1.82) is 0 Å². The third-order valence-electron chi connectivity index (χ3n) is 4.24. The molecule has 1 aromatic carbocycles. The number of halogens is 6. The van der Waals surface area contributed by atoms with Gasteiger partial charge < -0.3 is 9.84 Å². The van der Waals surface area contributed by atoms with Gasteiger partial charge in [0.2, 0.25) is 0 Å². The molecular formula is C16H20F6O8S2. The van der Waals surface area contributed by atoms with Crippen molar-refractivity contribution >= 4 is 26.2 Å². The monoisotopic (exact) mass is 518 g/mol. The normalized spacial score (nSPS) is 13.7. The fourth-order valence-electron chi connectivity index (χ4n) is 1.91. The lowest BCUT2D eigenvalue weighted by Crippen LogP contribution is -2.46. The van der Waals surface area contributed by atoms with Crippen LogP contribution in [0.1, 0.15) is 40.2 Å². The van der Waals surface area contributed by atoms with Gasteiger partial charge in [0, 0.05) is 12.3 Å². The van der Waals surface area contributed by atoms with E-state index in [1.54, 1.807) is 12.1 Å². The van der Waals surface area contributed by atoms with Crippen molar-refractivity contribution in [3.8, 4) is 5.75 Å². The third kappa shape index (κ3) is 7.51. The molecule has 186 valence electrons. The minimum absolute atomic E-state index is 0.231. The van der Waals surface area contributed by atoms with E-state index in [1.807, 2.05) is 43.5 Å². The standard InChI is InChI=1S/C14H20O3.C2F6O5S2/c1-10(15)17-14(4,5)13(2,3)11-6-8-12(16)9-7-11;3-1(4,5)14(9,10)13-15(11,12)2(6,7)8/h6-9,16H,1-5H3;. The van der Waals surface area contributed by atoms with Gasteiger partial charge in [-0.25, -0.2) is 0 Å². The Labute approximate surface area is 180 Å². The molecule has 8 nitrogen and oxygen atoms in total. The Balaban J connectivity index is 0.000000607. The molecule has 0 unspecified atom stereocenters. The Morgan fingerprint density at radius 1 is 0.812 bits per heavy atom. The topological polar surface area (TPSA) is 124 Å². The predicted octanol–water partition coefficient (Wildman–Crippen LogP) is 3.71. The molecular weight excluding hydrogens is 498 g/mol. The fourth-order valence-corrected chi connectivity index (χ4v) is 3.47. The summed E-state index contributed by atoms with van der Waals surface area (Å²) in [5, 5.41) is 9.29. The number of phenols is 1. The number of hydrogen-bond donors (Lipinski definition) is 1. The molecule has 0 fully saturated rings. The van der Waals surface area contributed by atoms with Gasteiger partial charge in [-0.2, -0.15) is 43.2 Å². The summed E-state index contributed by atoms with van der Waals surface area (Å²) >= 11 is 0. The highest BCUT2D eigenvalue weighted by atomic mass is 32.3. The number of carbonyl (C=O) groups excluding carboxylic acids is 1. The number of hydrogen-bond acceptors (Lipinski definition) is 8. The van der Waals surface area contributed by atoms with Crippen LogP contribution in [0.25, 0.3) is 0 Å². The van der Waals surface area contributed by atoms with E-state index in [0.29, 0.717) is 0 Å². The second-order valence-corrected chi connectivity index (χ2v) is 10.4. The van der Waals surface area contributed by atoms with Crippen LogP contribution in [0, 0.1) is 0 Å². The summed E-state index contributed by atoms with van der Waals surface area (Å²) in [4.78, 5) is 11.1. The number of phenolic OH excluding ortho intramolecular Hbond substituents is 1. The maximum atomic E-state index is 11.4. The highest BCUT2D eigenvalue weighted by Gasteiger charge is 2.57. The van der Waals surface area contributed by atoms with E-state index in [-0.39, 0.29) is 17.1 Å². The van der Waals surface area contributed by atoms with Crippen LogP contribution in [0.2, 0.25) is 0 Å². The first kappa shape index (κ1) is 29.9. The second kappa shape index (κ2) is 9.43. The van der Waals surface area contributed by atoms with Gasteiger partial charge >= 0.3 is 37.2 Å². The number of esters is 1. The number of aromatic hydroxyl groups is 1. The average Bonchev–Trinajstić information content (AvgIpc) is 2.51. The minimum atomic E-state index is -6.85. The molecule has 0 amide bonds. The van der Waals surface area contributed by atoms with Crippen LogP contribution in [-0.2, 0) is 38.8 Å². The Morgan fingerprint density at radius 3 is 1.44 bits per heavy atom. The van der Waals surface area contributed by atoms with Crippen molar-refractivity contribution < 1.29 is 61.4 Å². The molecule has 0 aliphatic heterocycles. The zero-order valence-electron chi connectivity index (χ0n) is 17.2. The van der Waals surface area contributed by atoms with Gasteiger partial charge in [-0.05, 0) is 31.5 Å². The number of ether oxygens (including phenoxy) is 1. The largest absolute Gasteiger partial charge is 0.524 e. The Hall–Kier alpha value is -2.07. The van der Waals surface area contributed by atoms with E-state index in [1.165, 1.54) is 6.92 Å². The first-order valence-corrected chi connectivity index (χ1v) is 11.0. The molecule has 0 heterocycles. The molecule has 0 atom stereocenters. The van der Waals surface area contributed by atoms with E-state index in [9.17, 15) is 53.1 Å². The summed E-state index contributed by atoms with van der Waals surface area (Å²) in [6, 6.07) is 6.98. The summed E-state index contributed by atoms with van der Waals surface area (Å²) in [6.45, 7) is 9.22. The molecule has 0 aromatic heterocycles. The maximum absolute atomic E-state index is 11.4. The molecule has 0 aliphatic carbocycles. The number of rotatable bonds is 5. The second-order valence-electron chi connectivity index (χ2n) is 7.14. The van der Waals surface area contributed by atoms with Crippen LogP contribution >= 0.6 is 0 Å². The van der Waals surface area contributed by atoms with Gasteiger partial charge in [0.1, 0.15) is 11.4 Å². The van der Waals surface area contributed by atoms with E-state index >= 15 is 0 Å². The van der Waals surface area contributed by atoms with E-state index < -0.39 is 36.9 Å². The van der Waals surface area contributed by atoms with E-state index in [2.05, 4.69) is 0 Å². The van der Waals surface area contributed by atoms with Crippen LogP contribution in [0.15, 0.2) is 24.3 Å². The van der Waals surface area contributed by atoms with Crippen LogP contribution in [0.4, 0.5) is 26.3 Å². The van der Waals surface area contributed by atoms with Crippen molar-refractivity contribution in [2.45, 2.75) is 56.7 Å². The minimum Gasteiger partial charge on any atom is -0.508 e. The van der Waals surface area contributed by atoms with E-state index in [0.717, 1.165) is 5.56 Å². The number of carbonyl (C=O) groups is 1. The van der Waals surface area contributed by atoms with Crippen LogP contribution < -0.4 is 0 Å². The van der Waals surface area contributed by atoms with Crippen LogP contribution in [0.3, 0.4) is 0 Å². The summed E-state index contributed by atoms with van der Waals surface area (Å²) in [5.41, 5.74) is -12.5. The molecule has 0 spiro atoms. The average molecular weight is 518 g/mol. The quantitative estimate of drug-likeness (QED) is 0.356. The maximum Gasteiger partial charge on any atom is 0.524 e. The molecule has 1 aromatic rings. The summed E-state index contributed by atoms with van der Waals surface area (Å²) in [7, 11) is -13.7. The fraction of sp³-hybridized carbons (Fsp3) is 0.562.